The molecule has 2 aromatic carbocycles. The fourth-order valence-corrected chi connectivity index (χ4v) is 2.53. The molecule has 5 nitrogen and oxygen atoms in total. The normalized spacial score (nSPS) is 11.2. The highest BCUT2D eigenvalue weighted by atomic mass is 16.3. The van der Waals surface area contributed by atoms with E-state index in [0.717, 1.165) is 23.0 Å². The number of nitrogens with one attached hydrogen (secondary N) is 1. The summed E-state index contributed by atoms with van der Waals surface area (Å²) in [6.07, 6.45) is 3.62. The predicted molar refractivity (Wildman–Crippen MR) is 90.8 cm³/mol. The van der Waals surface area contributed by atoms with E-state index in [1.54, 1.807) is 24.4 Å². The van der Waals surface area contributed by atoms with Crippen molar-refractivity contribution in [1.82, 2.24) is 9.99 Å². The minimum absolute atomic E-state index is 0.0669. The molecule has 0 radical (unpaired) electrons. The third-order valence-corrected chi connectivity index (χ3v) is 3.68. The first-order valence-electron chi connectivity index (χ1n) is 7.40. The molecule has 0 bridgehead atoms. The van der Waals surface area contributed by atoms with E-state index in [-0.39, 0.29) is 11.3 Å². The zero-order valence-corrected chi connectivity index (χ0v) is 12.7. The van der Waals surface area contributed by atoms with Crippen LogP contribution in [0, 0.1) is 0 Å². The van der Waals surface area contributed by atoms with E-state index < -0.39 is 5.91 Å². The monoisotopic (exact) mass is 307 g/mol. The van der Waals surface area contributed by atoms with Crippen molar-refractivity contribution < 1.29 is 9.90 Å². The van der Waals surface area contributed by atoms with Gasteiger partial charge in [0.05, 0.1) is 11.8 Å². The molecular weight excluding hydrogens is 290 g/mol. The van der Waals surface area contributed by atoms with Gasteiger partial charge in [-0.15, -0.1) is 0 Å². The van der Waals surface area contributed by atoms with E-state index in [1.165, 1.54) is 6.07 Å². The lowest BCUT2D eigenvalue weighted by Crippen LogP contribution is -2.17. The van der Waals surface area contributed by atoms with Gasteiger partial charge in [-0.2, -0.15) is 5.10 Å². The number of benzene rings is 2. The minimum Gasteiger partial charge on any atom is -0.507 e. The second-order valence-electron chi connectivity index (χ2n) is 5.10. The number of phenolic OH excluding ortho intramolecular Hbond substituents is 1. The number of para-hydroxylation sites is 2. The number of phenols is 1. The van der Waals surface area contributed by atoms with Gasteiger partial charge in [0.15, 0.2) is 0 Å². The number of hydrazone groups is 1. The second-order valence-corrected chi connectivity index (χ2v) is 5.10. The lowest BCUT2D eigenvalue weighted by molar-refractivity contribution is 0.0952. The summed E-state index contributed by atoms with van der Waals surface area (Å²) in [4.78, 5) is 12.0. The average molecular weight is 307 g/mol. The first kappa shape index (κ1) is 14.8. The molecule has 1 amide bonds. The molecule has 3 rings (SSSR count). The zero-order valence-electron chi connectivity index (χ0n) is 12.7. The Morgan fingerprint density at radius 2 is 1.96 bits per heavy atom. The molecule has 116 valence electrons. The van der Waals surface area contributed by atoms with Crippen molar-refractivity contribution in [3.63, 3.8) is 0 Å². The van der Waals surface area contributed by atoms with Gasteiger partial charge in [0.1, 0.15) is 5.75 Å². The van der Waals surface area contributed by atoms with Gasteiger partial charge in [-0.25, -0.2) is 5.43 Å². The van der Waals surface area contributed by atoms with Gasteiger partial charge in [-0.05, 0) is 25.1 Å². The Labute approximate surface area is 133 Å². The topological polar surface area (TPSA) is 66.6 Å². The molecule has 1 heterocycles. The van der Waals surface area contributed by atoms with Crippen LogP contribution in [0.3, 0.4) is 0 Å². The number of carbonyl (C=O) groups is 1. The molecule has 23 heavy (non-hydrogen) atoms. The molecule has 0 spiro atoms. The fourth-order valence-electron chi connectivity index (χ4n) is 2.53. The van der Waals surface area contributed by atoms with Crippen molar-refractivity contribution in [3.05, 3.63) is 65.9 Å². The fraction of sp³-hybridized carbons (Fsp3) is 0.111. The van der Waals surface area contributed by atoms with E-state index in [0.29, 0.717) is 0 Å². The van der Waals surface area contributed by atoms with Gasteiger partial charge in [0.25, 0.3) is 5.91 Å². The summed E-state index contributed by atoms with van der Waals surface area (Å²) in [5, 5.41) is 14.7. The van der Waals surface area contributed by atoms with Crippen molar-refractivity contribution >= 4 is 23.0 Å². The number of rotatable bonds is 4. The van der Waals surface area contributed by atoms with Crippen LogP contribution in [0.4, 0.5) is 0 Å². The molecule has 0 aliphatic heterocycles. The highest BCUT2D eigenvalue weighted by molar-refractivity contribution is 6.01. The Bertz CT molecular complexity index is 881. The van der Waals surface area contributed by atoms with Crippen LogP contribution < -0.4 is 5.43 Å². The number of fused-ring (bicyclic) bond motifs is 1. The Morgan fingerprint density at radius 3 is 2.74 bits per heavy atom. The molecule has 0 atom stereocenters. The van der Waals surface area contributed by atoms with Crippen LogP contribution >= 0.6 is 0 Å². The molecule has 0 saturated heterocycles. The first-order chi connectivity index (χ1) is 11.2. The molecule has 0 aliphatic carbocycles. The van der Waals surface area contributed by atoms with Crippen LogP contribution in [0.15, 0.2) is 59.8 Å². The van der Waals surface area contributed by atoms with Crippen LogP contribution in [-0.4, -0.2) is 21.8 Å². The van der Waals surface area contributed by atoms with E-state index >= 15 is 0 Å². The van der Waals surface area contributed by atoms with E-state index in [2.05, 4.69) is 28.1 Å². The Kier molecular flexibility index (Phi) is 4.10. The first-order valence-corrected chi connectivity index (χ1v) is 7.40. The molecule has 2 N–H and O–H groups in total. The number of carbonyl (C=O) groups excluding carboxylic acids is 1. The molecular formula is C18H17N3O2. The van der Waals surface area contributed by atoms with Crippen LogP contribution in [0.25, 0.3) is 10.9 Å². The SMILES string of the molecule is CCn1cc(C=NNC(=O)c2ccccc2O)c2ccccc21. The summed E-state index contributed by atoms with van der Waals surface area (Å²) in [6, 6.07) is 14.4. The lowest BCUT2D eigenvalue weighted by atomic mass is 10.2. The van der Waals surface area contributed by atoms with Gasteiger partial charge >= 0.3 is 0 Å². The molecule has 0 saturated carbocycles. The Hall–Kier alpha value is -3.08. The molecule has 0 fully saturated rings. The highest BCUT2D eigenvalue weighted by Crippen LogP contribution is 2.20. The van der Waals surface area contributed by atoms with Gasteiger partial charge in [0, 0.05) is 29.2 Å². The predicted octanol–water partition coefficient (Wildman–Crippen LogP) is 3.13. The largest absolute Gasteiger partial charge is 0.507 e. The number of hydrogen-bond acceptors (Lipinski definition) is 3. The molecule has 1 aromatic heterocycles. The van der Waals surface area contributed by atoms with Crippen molar-refractivity contribution in [2.24, 2.45) is 5.10 Å². The minimum atomic E-state index is -0.446. The van der Waals surface area contributed by atoms with Crippen LogP contribution in [0.1, 0.15) is 22.8 Å². The summed E-state index contributed by atoms with van der Waals surface area (Å²) < 4.78 is 2.13. The number of amides is 1. The van der Waals surface area contributed by atoms with Crippen molar-refractivity contribution in [2.75, 3.05) is 0 Å². The number of hydrogen-bond donors (Lipinski definition) is 2. The van der Waals surface area contributed by atoms with Crippen LogP contribution in [-0.2, 0) is 6.54 Å². The molecule has 5 heteroatoms. The van der Waals surface area contributed by atoms with Crippen molar-refractivity contribution in [1.29, 1.82) is 0 Å². The summed E-state index contributed by atoms with van der Waals surface area (Å²) in [7, 11) is 0. The maximum absolute atomic E-state index is 12.0. The second kappa shape index (κ2) is 6.36. The van der Waals surface area contributed by atoms with E-state index in [1.807, 2.05) is 24.4 Å². The van der Waals surface area contributed by atoms with E-state index in [4.69, 9.17) is 0 Å². The number of aromatic nitrogens is 1. The number of aryl methyl sites for hydroxylation is 1. The quantitative estimate of drug-likeness (QED) is 0.574. The standard InChI is InChI=1S/C18H17N3O2/c1-2-21-12-13(14-7-3-5-9-16(14)21)11-19-20-18(23)15-8-4-6-10-17(15)22/h3-12,22H,2H2,1H3,(H,20,23). The maximum Gasteiger partial charge on any atom is 0.275 e. The van der Waals surface area contributed by atoms with Crippen LogP contribution in [0.2, 0.25) is 0 Å². The summed E-state index contributed by atoms with van der Waals surface area (Å²) in [5.74, 6) is -0.513. The molecule has 3 aromatic rings. The number of aromatic hydroxyl groups is 1. The molecule has 0 aliphatic rings. The number of nitrogens with zero attached hydrogens (tertiary/aromatic N) is 2. The van der Waals surface area contributed by atoms with Gasteiger partial charge in [-0.1, -0.05) is 30.3 Å². The highest BCUT2D eigenvalue weighted by Gasteiger charge is 2.09. The lowest BCUT2D eigenvalue weighted by Gasteiger charge is -2.01. The Balaban J connectivity index is 1.81. The molecule has 0 unspecified atom stereocenters. The van der Waals surface area contributed by atoms with Gasteiger partial charge < -0.3 is 9.67 Å². The van der Waals surface area contributed by atoms with Crippen molar-refractivity contribution in [3.8, 4) is 5.75 Å². The third kappa shape index (κ3) is 2.94. The van der Waals surface area contributed by atoms with Gasteiger partial charge in [-0.3, -0.25) is 4.79 Å². The Morgan fingerprint density at radius 1 is 1.22 bits per heavy atom. The van der Waals surface area contributed by atoms with E-state index in [9.17, 15) is 9.90 Å². The smallest absolute Gasteiger partial charge is 0.275 e. The van der Waals surface area contributed by atoms with Gasteiger partial charge in [0.2, 0.25) is 0 Å². The summed E-state index contributed by atoms with van der Waals surface area (Å²) in [5.41, 5.74) is 4.70. The third-order valence-electron chi connectivity index (χ3n) is 3.68. The zero-order chi connectivity index (χ0) is 16.2. The van der Waals surface area contributed by atoms with Crippen LogP contribution in [0.5, 0.6) is 5.75 Å². The van der Waals surface area contributed by atoms with Crippen molar-refractivity contribution in [2.45, 2.75) is 13.5 Å². The average Bonchev–Trinajstić information content (AvgIpc) is 2.93. The summed E-state index contributed by atoms with van der Waals surface area (Å²) >= 11 is 0. The summed E-state index contributed by atoms with van der Waals surface area (Å²) in [6.45, 7) is 2.94. The maximum atomic E-state index is 12.0.